The highest BCUT2D eigenvalue weighted by Gasteiger charge is 2.05. The van der Waals surface area contributed by atoms with Crippen LogP contribution >= 0.6 is 11.8 Å². The molecule has 0 aliphatic rings. The molecule has 1 heterocycles. The molecule has 2 aromatic rings. The van der Waals surface area contributed by atoms with Crippen LogP contribution in [0.1, 0.15) is 30.7 Å². The van der Waals surface area contributed by atoms with Gasteiger partial charge in [-0.1, -0.05) is 26.0 Å². The van der Waals surface area contributed by atoms with Gasteiger partial charge in [-0.2, -0.15) is 0 Å². The van der Waals surface area contributed by atoms with Crippen molar-refractivity contribution in [2.45, 2.75) is 32.1 Å². The van der Waals surface area contributed by atoms with E-state index in [2.05, 4.69) is 44.0 Å². The Hall–Kier alpha value is -1.48. The van der Waals surface area contributed by atoms with E-state index in [1.165, 1.54) is 10.5 Å². The summed E-state index contributed by atoms with van der Waals surface area (Å²) in [6, 6.07) is 10.4. The molecule has 1 aromatic heterocycles. The molecule has 0 aliphatic carbocycles. The topological polar surface area (TPSA) is 38.9 Å². The van der Waals surface area contributed by atoms with Crippen LogP contribution in [0.5, 0.6) is 0 Å². The number of hydrogen-bond acceptors (Lipinski definition) is 3. The predicted octanol–water partition coefficient (Wildman–Crippen LogP) is 4.31. The van der Waals surface area contributed by atoms with Crippen LogP contribution in [0.15, 0.2) is 41.4 Å². The smallest absolute Gasteiger partial charge is 0.0458 e. The summed E-state index contributed by atoms with van der Waals surface area (Å²) in [5.41, 5.74) is 10.3. The molecule has 0 saturated heterocycles. The number of pyridine rings is 1. The highest BCUT2D eigenvalue weighted by molar-refractivity contribution is 7.99. The Kier molecular flexibility index (Phi) is 5.07. The fourth-order valence-corrected chi connectivity index (χ4v) is 2.90. The summed E-state index contributed by atoms with van der Waals surface area (Å²) in [4.78, 5) is 5.77. The maximum absolute atomic E-state index is 5.96. The average Bonchev–Trinajstić information content (AvgIpc) is 2.42. The van der Waals surface area contributed by atoms with Gasteiger partial charge in [0.25, 0.3) is 0 Å². The fourth-order valence-electron chi connectivity index (χ4n) is 2.00. The van der Waals surface area contributed by atoms with Crippen molar-refractivity contribution >= 4 is 17.4 Å². The Morgan fingerprint density at radius 2 is 2.05 bits per heavy atom. The molecule has 0 saturated carbocycles. The van der Waals surface area contributed by atoms with Gasteiger partial charge < -0.3 is 5.73 Å². The lowest BCUT2D eigenvalue weighted by atomic mass is 10.0. The quantitative estimate of drug-likeness (QED) is 0.657. The zero-order valence-electron chi connectivity index (χ0n) is 12.4. The molecule has 2 rings (SSSR count). The Morgan fingerprint density at radius 3 is 2.80 bits per heavy atom. The maximum Gasteiger partial charge on any atom is 0.0458 e. The third-order valence-electron chi connectivity index (χ3n) is 3.23. The molecule has 3 heteroatoms. The number of benzene rings is 1. The monoisotopic (exact) mass is 286 g/mol. The van der Waals surface area contributed by atoms with Crippen molar-refractivity contribution in [1.29, 1.82) is 0 Å². The second kappa shape index (κ2) is 6.80. The number of nitrogens with two attached hydrogens (primary N) is 1. The summed E-state index contributed by atoms with van der Waals surface area (Å²) in [6.45, 7) is 6.55. The number of aromatic nitrogens is 1. The molecular weight excluding hydrogens is 264 g/mol. The minimum atomic E-state index is 0.702. The Labute approximate surface area is 125 Å². The summed E-state index contributed by atoms with van der Waals surface area (Å²) in [7, 11) is 0. The number of nitrogen functional groups attached to an aromatic ring is 1. The lowest BCUT2D eigenvalue weighted by molar-refractivity contribution is 0.750. The van der Waals surface area contributed by atoms with Crippen molar-refractivity contribution in [2.24, 2.45) is 5.92 Å². The van der Waals surface area contributed by atoms with E-state index in [4.69, 9.17) is 5.73 Å². The SMILES string of the molecule is Cc1c(N)cccc1Cc1cc(SCC(C)C)ccn1. The molecule has 2 N–H and O–H groups in total. The Bertz CT molecular complexity index is 579. The normalized spacial score (nSPS) is 11.0. The van der Waals surface area contributed by atoms with Crippen LogP contribution < -0.4 is 5.73 Å². The van der Waals surface area contributed by atoms with Crippen LogP contribution in [-0.4, -0.2) is 10.7 Å². The molecule has 106 valence electrons. The van der Waals surface area contributed by atoms with Gasteiger partial charge in [0.1, 0.15) is 0 Å². The maximum atomic E-state index is 5.96. The van der Waals surface area contributed by atoms with Gasteiger partial charge in [0.15, 0.2) is 0 Å². The molecule has 0 unspecified atom stereocenters. The van der Waals surface area contributed by atoms with Gasteiger partial charge in [-0.3, -0.25) is 4.98 Å². The molecule has 0 amide bonds. The van der Waals surface area contributed by atoms with Gasteiger partial charge in [0.2, 0.25) is 0 Å². The molecule has 0 bridgehead atoms. The van der Waals surface area contributed by atoms with E-state index >= 15 is 0 Å². The van der Waals surface area contributed by atoms with E-state index in [9.17, 15) is 0 Å². The first-order chi connectivity index (χ1) is 9.56. The van der Waals surface area contributed by atoms with Crippen molar-refractivity contribution in [3.63, 3.8) is 0 Å². The third-order valence-corrected chi connectivity index (χ3v) is 4.65. The van der Waals surface area contributed by atoms with Crippen LogP contribution in [0.4, 0.5) is 5.69 Å². The lowest BCUT2D eigenvalue weighted by Gasteiger charge is -2.09. The minimum Gasteiger partial charge on any atom is -0.399 e. The van der Waals surface area contributed by atoms with Gasteiger partial charge in [0.05, 0.1) is 0 Å². The number of nitrogens with zero attached hydrogens (tertiary/aromatic N) is 1. The number of thioether (sulfide) groups is 1. The lowest BCUT2D eigenvalue weighted by Crippen LogP contribution is -1.98. The molecule has 0 spiro atoms. The summed E-state index contributed by atoms with van der Waals surface area (Å²) < 4.78 is 0. The van der Waals surface area contributed by atoms with Crippen LogP contribution in [0.3, 0.4) is 0 Å². The molecule has 0 aliphatic heterocycles. The highest BCUT2D eigenvalue weighted by Crippen LogP contribution is 2.23. The van der Waals surface area contributed by atoms with Crippen molar-refractivity contribution < 1.29 is 0 Å². The first-order valence-corrected chi connectivity index (χ1v) is 7.96. The fraction of sp³-hybridized carbons (Fsp3) is 0.353. The van der Waals surface area contributed by atoms with Gasteiger partial charge in [-0.05, 0) is 42.2 Å². The molecule has 0 atom stereocenters. The number of hydrogen-bond donors (Lipinski definition) is 1. The summed E-state index contributed by atoms with van der Waals surface area (Å²) in [6.07, 6.45) is 2.74. The molecule has 1 aromatic carbocycles. The molecular formula is C17H22N2S. The van der Waals surface area contributed by atoms with Gasteiger partial charge in [-0.25, -0.2) is 0 Å². The van der Waals surface area contributed by atoms with Gasteiger partial charge in [0, 0.05) is 34.6 Å². The zero-order chi connectivity index (χ0) is 14.5. The third kappa shape index (κ3) is 4.01. The highest BCUT2D eigenvalue weighted by atomic mass is 32.2. The van der Waals surface area contributed by atoms with Gasteiger partial charge in [-0.15, -0.1) is 11.8 Å². The predicted molar refractivity (Wildman–Crippen MR) is 88.2 cm³/mol. The summed E-state index contributed by atoms with van der Waals surface area (Å²) >= 11 is 1.90. The van der Waals surface area contributed by atoms with Gasteiger partial charge >= 0.3 is 0 Å². The second-order valence-corrected chi connectivity index (χ2v) is 6.59. The van der Waals surface area contributed by atoms with E-state index in [1.54, 1.807) is 0 Å². The zero-order valence-corrected chi connectivity index (χ0v) is 13.2. The van der Waals surface area contributed by atoms with Crippen LogP contribution in [0.25, 0.3) is 0 Å². The molecule has 20 heavy (non-hydrogen) atoms. The number of rotatable bonds is 5. The van der Waals surface area contributed by atoms with E-state index < -0.39 is 0 Å². The van der Waals surface area contributed by atoms with E-state index in [-0.39, 0.29) is 0 Å². The second-order valence-electron chi connectivity index (χ2n) is 5.50. The first-order valence-electron chi connectivity index (χ1n) is 6.98. The Morgan fingerprint density at radius 1 is 1.25 bits per heavy atom. The van der Waals surface area contributed by atoms with Crippen molar-refractivity contribution in [3.05, 3.63) is 53.3 Å². The average molecular weight is 286 g/mol. The van der Waals surface area contributed by atoms with Crippen molar-refractivity contribution in [2.75, 3.05) is 11.5 Å². The molecule has 2 nitrogen and oxygen atoms in total. The standard InChI is InChI=1S/C17H22N2S/c1-12(2)11-20-16-7-8-19-15(10-16)9-14-5-4-6-17(18)13(14)3/h4-8,10,12H,9,11,18H2,1-3H3. The van der Waals surface area contributed by atoms with E-state index in [1.807, 2.05) is 30.1 Å². The summed E-state index contributed by atoms with van der Waals surface area (Å²) in [5, 5.41) is 0. The first kappa shape index (κ1) is 14.9. The molecule has 0 radical (unpaired) electrons. The van der Waals surface area contributed by atoms with Crippen LogP contribution in [0.2, 0.25) is 0 Å². The minimum absolute atomic E-state index is 0.702. The van der Waals surface area contributed by atoms with Crippen molar-refractivity contribution in [1.82, 2.24) is 4.98 Å². The van der Waals surface area contributed by atoms with Crippen molar-refractivity contribution in [3.8, 4) is 0 Å². The largest absolute Gasteiger partial charge is 0.399 e. The molecule has 0 fully saturated rings. The van der Waals surface area contributed by atoms with Crippen LogP contribution in [-0.2, 0) is 6.42 Å². The Balaban J connectivity index is 2.13. The van der Waals surface area contributed by atoms with E-state index in [0.717, 1.165) is 29.1 Å². The summed E-state index contributed by atoms with van der Waals surface area (Å²) in [5.74, 6) is 1.84. The van der Waals surface area contributed by atoms with E-state index in [0.29, 0.717) is 5.92 Å². The number of anilines is 1. The van der Waals surface area contributed by atoms with Crippen LogP contribution in [0, 0.1) is 12.8 Å².